The third kappa shape index (κ3) is 2.11. The summed E-state index contributed by atoms with van der Waals surface area (Å²) in [6.07, 6.45) is 1.71. The van der Waals surface area contributed by atoms with Crippen LogP contribution in [0.3, 0.4) is 0 Å². The topological polar surface area (TPSA) is 55.1 Å². The van der Waals surface area contributed by atoms with Crippen molar-refractivity contribution in [2.24, 2.45) is 0 Å². The molecule has 0 aliphatic carbocycles. The molecule has 0 fully saturated rings. The van der Waals surface area contributed by atoms with Crippen LogP contribution < -0.4 is 9.47 Å². The van der Waals surface area contributed by atoms with E-state index in [1.54, 1.807) is 18.3 Å². The molecular formula is C14H12N2O2. The first-order chi connectivity index (χ1) is 8.80. The summed E-state index contributed by atoms with van der Waals surface area (Å²) >= 11 is 0. The molecule has 2 rings (SSSR count). The molecule has 0 atom stereocenters. The predicted octanol–water partition coefficient (Wildman–Crippen LogP) is 2.64. The highest BCUT2D eigenvalue weighted by molar-refractivity contribution is 5.68. The molecule has 2 aromatic rings. The molecule has 0 amide bonds. The Bertz CT molecular complexity index is 563. The second-order valence-electron chi connectivity index (χ2n) is 3.58. The SMILES string of the molecule is COc1cc(-c2ccccn2)cc(OC)c1C#N. The molecule has 0 radical (unpaired) electrons. The standard InChI is InChI=1S/C14H12N2O2/c1-17-13-7-10(12-5-3-4-6-16-12)8-14(18-2)11(13)9-15/h3-8H,1-2H3. The van der Waals surface area contributed by atoms with Crippen LogP contribution in [-0.2, 0) is 0 Å². The lowest BCUT2D eigenvalue weighted by Crippen LogP contribution is -1.95. The highest BCUT2D eigenvalue weighted by Crippen LogP contribution is 2.33. The number of benzene rings is 1. The molecule has 18 heavy (non-hydrogen) atoms. The van der Waals surface area contributed by atoms with Crippen LogP contribution in [0.5, 0.6) is 11.5 Å². The fourth-order valence-corrected chi connectivity index (χ4v) is 1.70. The van der Waals surface area contributed by atoms with Gasteiger partial charge in [-0.25, -0.2) is 0 Å². The third-order valence-corrected chi connectivity index (χ3v) is 2.58. The number of aromatic nitrogens is 1. The van der Waals surface area contributed by atoms with E-state index in [1.165, 1.54) is 14.2 Å². The van der Waals surface area contributed by atoms with Crippen molar-refractivity contribution < 1.29 is 9.47 Å². The van der Waals surface area contributed by atoms with Crippen LogP contribution >= 0.6 is 0 Å². The van der Waals surface area contributed by atoms with Crippen molar-refractivity contribution >= 4 is 0 Å². The molecule has 0 saturated carbocycles. The monoisotopic (exact) mass is 240 g/mol. The van der Waals surface area contributed by atoms with E-state index in [-0.39, 0.29) is 0 Å². The minimum atomic E-state index is 0.389. The first-order valence-corrected chi connectivity index (χ1v) is 5.37. The number of pyridine rings is 1. The summed E-state index contributed by atoms with van der Waals surface area (Å²) in [4.78, 5) is 4.26. The fourth-order valence-electron chi connectivity index (χ4n) is 1.70. The molecule has 0 aliphatic heterocycles. The van der Waals surface area contributed by atoms with Gasteiger partial charge >= 0.3 is 0 Å². The molecule has 4 nitrogen and oxygen atoms in total. The van der Waals surface area contributed by atoms with Crippen molar-refractivity contribution in [3.8, 4) is 28.8 Å². The van der Waals surface area contributed by atoms with Gasteiger partial charge in [0, 0.05) is 11.8 Å². The lowest BCUT2D eigenvalue weighted by atomic mass is 10.1. The Hall–Kier alpha value is -2.54. The van der Waals surface area contributed by atoms with Crippen LogP contribution in [0.15, 0.2) is 36.5 Å². The minimum absolute atomic E-state index is 0.389. The number of hydrogen-bond acceptors (Lipinski definition) is 4. The Balaban J connectivity index is 2.62. The average molecular weight is 240 g/mol. The van der Waals surface area contributed by atoms with Crippen molar-refractivity contribution in [2.45, 2.75) is 0 Å². The molecule has 90 valence electrons. The van der Waals surface area contributed by atoms with Gasteiger partial charge < -0.3 is 9.47 Å². The molecule has 0 spiro atoms. The van der Waals surface area contributed by atoms with E-state index in [4.69, 9.17) is 14.7 Å². The zero-order valence-corrected chi connectivity index (χ0v) is 10.2. The number of nitrogens with zero attached hydrogens (tertiary/aromatic N) is 2. The van der Waals surface area contributed by atoms with Gasteiger partial charge in [0.2, 0.25) is 0 Å². The zero-order valence-electron chi connectivity index (χ0n) is 10.2. The summed E-state index contributed by atoms with van der Waals surface area (Å²) in [7, 11) is 3.05. The lowest BCUT2D eigenvalue weighted by molar-refractivity contribution is 0.392. The van der Waals surface area contributed by atoms with E-state index in [0.717, 1.165) is 11.3 Å². The molecule has 0 N–H and O–H groups in total. The first kappa shape index (κ1) is 11.9. The largest absolute Gasteiger partial charge is 0.495 e. The number of rotatable bonds is 3. The zero-order chi connectivity index (χ0) is 13.0. The maximum Gasteiger partial charge on any atom is 0.141 e. The Morgan fingerprint density at radius 2 is 1.78 bits per heavy atom. The molecule has 1 aromatic carbocycles. The van der Waals surface area contributed by atoms with E-state index in [2.05, 4.69) is 11.1 Å². The van der Waals surface area contributed by atoms with E-state index in [1.807, 2.05) is 18.2 Å². The highest BCUT2D eigenvalue weighted by atomic mass is 16.5. The molecule has 1 aromatic heterocycles. The summed E-state index contributed by atoms with van der Waals surface area (Å²) < 4.78 is 10.4. The van der Waals surface area contributed by atoms with Gasteiger partial charge in [-0.2, -0.15) is 5.26 Å². The van der Waals surface area contributed by atoms with Crippen LogP contribution in [0.4, 0.5) is 0 Å². The predicted molar refractivity (Wildman–Crippen MR) is 67.5 cm³/mol. The van der Waals surface area contributed by atoms with Gasteiger partial charge in [-0.15, -0.1) is 0 Å². The second kappa shape index (κ2) is 5.19. The molecule has 0 unspecified atom stereocenters. The summed E-state index contributed by atoms with van der Waals surface area (Å²) in [6, 6.07) is 11.3. The van der Waals surface area contributed by atoms with Gasteiger partial charge in [0.15, 0.2) is 0 Å². The van der Waals surface area contributed by atoms with E-state index < -0.39 is 0 Å². The van der Waals surface area contributed by atoms with Crippen molar-refractivity contribution in [3.63, 3.8) is 0 Å². The van der Waals surface area contributed by atoms with Crippen LogP contribution in [0.2, 0.25) is 0 Å². The van der Waals surface area contributed by atoms with Crippen LogP contribution in [0, 0.1) is 11.3 Å². The Kier molecular flexibility index (Phi) is 3.44. The van der Waals surface area contributed by atoms with E-state index in [9.17, 15) is 0 Å². The van der Waals surface area contributed by atoms with Crippen LogP contribution in [0.1, 0.15) is 5.56 Å². The quantitative estimate of drug-likeness (QED) is 0.827. The Morgan fingerprint density at radius 3 is 2.22 bits per heavy atom. The van der Waals surface area contributed by atoms with Crippen molar-refractivity contribution in [3.05, 3.63) is 42.1 Å². The van der Waals surface area contributed by atoms with Gasteiger partial charge in [-0.05, 0) is 24.3 Å². The smallest absolute Gasteiger partial charge is 0.141 e. The van der Waals surface area contributed by atoms with Crippen molar-refractivity contribution in [1.82, 2.24) is 4.98 Å². The number of methoxy groups -OCH3 is 2. The summed E-state index contributed by atoms with van der Waals surface area (Å²) in [5, 5.41) is 9.10. The normalized spacial score (nSPS) is 9.61. The van der Waals surface area contributed by atoms with Gasteiger partial charge in [0.05, 0.1) is 19.9 Å². The molecular weight excluding hydrogens is 228 g/mol. The molecule has 1 heterocycles. The van der Waals surface area contributed by atoms with Gasteiger partial charge in [-0.1, -0.05) is 6.07 Å². The van der Waals surface area contributed by atoms with Crippen molar-refractivity contribution in [1.29, 1.82) is 5.26 Å². The molecule has 0 bridgehead atoms. The van der Waals surface area contributed by atoms with E-state index >= 15 is 0 Å². The van der Waals surface area contributed by atoms with Gasteiger partial charge in [0.1, 0.15) is 23.1 Å². The molecule has 0 saturated heterocycles. The first-order valence-electron chi connectivity index (χ1n) is 5.37. The number of hydrogen-bond donors (Lipinski definition) is 0. The van der Waals surface area contributed by atoms with Gasteiger partial charge in [-0.3, -0.25) is 4.98 Å². The Labute approximate surface area is 105 Å². The third-order valence-electron chi connectivity index (χ3n) is 2.58. The van der Waals surface area contributed by atoms with Crippen molar-refractivity contribution in [2.75, 3.05) is 14.2 Å². The maximum atomic E-state index is 9.10. The maximum absolute atomic E-state index is 9.10. The fraction of sp³-hybridized carbons (Fsp3) is 0.143. The highest BCUT2D eigenvalue weighted by Gasteiger charge is 2.13. The second-order valence-corrected chi connectivity index (χ2v) is 3.58. The summed E-state index contributed by atoms with van der Waals surface area (Å²) in [5.74, 6) is 0.968. The van der Waals surface area contributed by atoms with Crippen LogP contribution in [0.25, 0.3) is 11.3 Å². The van der Waals surface area contributed by atoms with Crippen LogP contribution in [-0.4, -0.2) is 19.2 Å². The summed E-state index contributed by atoms with van der Waals surface area (Å²) in [6.45, 7) is 0. The minimum Gasteiger partial charge on any atom is -0.495 e. The Morgan fingerprint density at radius 1 is 1.11 bits per heavy atom. The average Bonchev–Trinajstić information content (AvgIpc) is 2.46. The van der Waals surface area contributed by atoms with E-state index in [0.29, 0.717) is 17.1 Å². The molecule has 0 aliphatic rings. The molecule has 4 heteroatoms. The lowest BCUT2D eigenvalue weighted by Gasteiger charge is -2.10. The van der Waals surface area contributed by atoms with Gasteiger partial charge in [0.25, 0.3) is 0 Å². The summed E-state index contributed by atoms with van der Waals surface area (Å²) in [5.41, 5.74) is 2.04. The number of ether oxygens (including phenoxy) is 2. The number of nitriles is 1.